The highest BCUT2D eigenvalue weighted by molar-refractivity contribution is 5.96. The van der Waals surface area contributed by atoms with E-state index in [1.54, 1.807) is 25.3 Å². The van der Waals surface area contributed by atoms with E-state index in [9.17, 15) is 14.0 Å². The lowest BCUT2D eigenvalue weighted by molar-refractivity contribution is -0.123. The summed E-state index contributed by atoms with van der Waals surface area (Å²) < 4.78 is 14.1. The van der Waals surface area contributed by atoms with Crippen LogP contribution < -0.4 is 10.6 Å². The van der Waals surface area contributed by atoms with Gasteiger partial charge in [0, 0.05) is 12.4 Å². The van der Waals surface area contributed by atoms with Gasteiger partial charge in [-0.1, -0.05) is 0 Å². The van der Waals surface area contributed by atoms with Crippen LogP contribution in [0.15, 0.2) is 30.6 Å². The monoisotopic (exact) mass is 380 g/mol. The van der Waals surface area contributed by atoms with Crippen LogP contribution in [0.4, 0.5) is 14.9 Å². The van der Waals surface area contributed by atoms with Crippen molar-refractivity contribution in [1.29, 1.82) is 5.26 Å². The van der Waals surface area contributed by atoms with Crippen molar-refractivity contribution in [3.63, 3.8) is 0 Å². The molecule has 8 nitrogen and oxygen atoms in total. The number of amides is 3. The second-order valence-electron chi connectivity index (χ2n) is 6.94. The number of nitrogens with one attached hydrogen (secondary N) is 2. The van der Waals surface area contributed by atoms with E-state index >= 15 is 0 Å². The summed E-state index contributed by atoms with van der Waals surface area (Å²) in [5, 5.41) is 14.2. The maximum atomic E-state index is 14.1. The fourth-order valence-electron chi connectivity index (χ4n) is 3.56. The fourth-order valence-corrected chi connectivity index (χ4v) is 3.56. The van der Waals surface area contributed by atoms with E-state index in [4.69, 9.17) is 5.26 Å². The van der Waals surface area contributed by atoms with Crippen LogP contribution in [0.5, 0.6) is 0 Å². The average molecular weight is 380 g/mol. The van der Waals surface area contributed by atoms with E-state index in [0.717, 1.165) is 24.6 Å². The Morgan fingerprint density at radius 1 is 1.50 bits per heavy atom. The van der Waals surface area contributed by atoms with Gasteiger partial charge >= 0.3 is 6.03 Å². The number of hydrogen-bond acceptors (Lipinski definition) is 5. The van der Waals surface area contributed by atoms with Gasteiger partial charge in [-0.3, -0.25) is 14.8 Å². The number of halogens is 1. The number of carbonyl (C=O) groups excluding carboxylic acids is 2. The Morgan fingerprint density at radius 3 is 2.96 bits per heavy atom. The Labute approximate surface area is 160 Å². The number of nitriles is 1. The Kier molecular flexibility index (Phi) is 4.19. The topological polar surface area (TPSA) is 111 Å². The average Bonchev–Trinajstić information content (AvgIpc) is 3.46. The van der Waals surface area contributed by atoms with Gasteiger partial charge in [-0.2, -0.15) is 5.26 Å². The van der Waals surface area contributed by atoms with Crippen LogP contribution in [0.3, 0.4) is 0 Å². The van der Waals surface area contributed by atoms with Crippen molar-refractivity contribution >= 4 is 17.6 Å². The van der Waals surface area contributed by atoms with Crippen molar-refractivity contribution < 1.29 is 14.0 Å². The summed E-state index contributed by atoms with van der Waals surface area (Å²) in [6, 6.07) is 5.35. The lowest BCUT2D eigenvalue weighted by Gasteiger charge is -2.36. The van der Waals surface area contributed by atoms with Crippen LogP contribution >= 0.6 is 0 Å². The van der Waals surface area contributed by atoms with Crippen LogP contribution in [0.2, 0.25) is 0 Å². The Morgan fingerprint density at radius 2 is 2.29 bits per heavy atom. The van der Waals surface area contributed by atoms with E-state index < -0.39 is 23.3 Å². The quantitative estimate of drug-likeness (QED) is 0.845. The summed E-state index contributed by atoms with van der Waals surface area (Å²) in [5.74, 6) is -1.10. The van der Waals surface area contributed by atoms with Crippen molar-refractivity contribution in [2.75, 3.05) is 11.9 Å². The van der Waals surface area contributed by atoms with Gasteiger partial charge in [0.15, 0.2) is 0 Å². The summed E-state index contributed by atoms with van der Waals surface area (Å²) >= 11 is 0. The van der Waals surface area contributed by atoms with Crippen molar-refractivity contribution in [1.82, 2.24) is 20.2 Å². The van der Waals surface area contributed by atoms with Crippen LogP contribution in [0, 0.1) is 17.1 Å². The molecule has 1 atom stereocenters. The Hall–Kier alpha value is -3.54. The first-order chi connectivity index (χ1) is 13.4. The van der Waals surface area contributed by atoms with Crippen LogP contribution in [0.1, 0.15) is 42.8 Å². The molecule has 9 heteroatoms. The molecule has 142 valence electrons. The lowest BCUT2D eigenvalue weighted by atomic mass is 10.0. The van der Waals surface area contributed by atoms with Gasteiger partial charge in [-0.05, 0) is 38.0 Å². The molecule has 28 heavy (non-hydrogen) atoms. The van der Waals surface area contributed by atoms with Gasteiger partial charge in [0.2, 0.25) is 5.91 Å². The molecule has 1 fully saturated rings. The van der Waals surface area contributed by atoms with E-state index in [-0.39, 0.29) is 23.8 Å². The molecule has 0 unspecified atom stereocenters. The summed E-state index contributed by atoms with van der Waals surface area (Å²) in [7, 11) is 0. The SMILES string of the molecule is C[C@H](NC(=O)CN1C(=O)Nc2cccnc2C12CC2)c1ncc(C#N)cc1F. The second kappa shape index (κ2) is 6.56. The first-order valence-electron chi connectivity index (χ1n) is 8.83. The smallest absolute Gasteiger partial charge is 0.323 e. The van der Waals surface area contributed by atoms with Crippen molar-refractivity contribution in [2.45, 2.75) is 31.3 Å². The number of carbonyl (C=O) groups is 2. The zero-order valence-electron chi connectivity index (χ0n) is 15.1. The summed E-state index contributed by atoms with van der Waals surface area (Å²) in [5.41, 5.74) is 1.00. The molecule has 0 bridgehead atoms. The molecule has 4 rings (SSSR count). The normalized spacial score (nSPS) is 17.3. The molecule has 1 aliphatic carbocycles. The van der Waals surface area contributed by atoms with Gasteiger partial charge in [0.25, 0.3) is 0 Å². The number of fused-ring (bicyclic) bond motifs is 2. The first kappa shape index (κ1) is 17.9. The van der Waals surface area contributed by atoms with Crippen molar-refractivity contribution in [3.05, 3.63) is 53.4 Å². The van der Waals surface area contributed by atoms with Crippen molar-refractivity contribution in [3.8, 4) is 6.07 Å². The molecule has 1 saturated carbocycles. The minimum atomic E-state index is -0.714. The molecule has 0 radical (unpaired) electrons. The number of nitrogens with zero attached hydrogens (tertiary/aromatic N) is 4. The number of aromatic nitrogens is 2. The van der Waals surface area contributed by atoms with Crippen LogP contribution in [0.25, 0.3) is 0 Å². The highest BCUT2D eigenvalue weighted by atomic mass is 19.1. The highest BCUT2D eigenvalue weighted by Crippen LogP contribution is 2.54. The second-order valence-corrected chi connectivity index (χ2v) is 6.94. The van der Waals surface area contributed by atoms with Gasteiger partial charge in [-0.25, -0.2) is 9.18 Å². The van der Waals surface area contributed by atoms with Gasteiger partial charge < -0.3 is 15.5 Å². The predicted octanol–water partition coefficient (Wildman–Crippen LogP) is 2.20. The molecular formula is C19H17FN6O2. The molecule has 2 aliphatic rings. The zero-order valence-corrected chi connectivity index (χ0v) is 15.1. The molecule has 1 spiro atoms. The maximum Gasteiger partial charge on any atom is 0.323 e. The van der Waals surface area contributed by atoms with Gasteiger partial charge in [0.1, 0.15) is 18.4 Å². The molecule has 0 aromatic carbocycles. The van der Waals surface area contributed by atoms with Crippen LogP contribution in [-0.4, -0.2) is 33.4 Å². The minimum absolute atomic E-state index is 0.0311. The van der Waals surface area contributed by atoms with E-state index in [0.29, 0.717) is 5.69 Å². The highest BCUT2D eigenvalue weighted by Gasteiger charge is 2.56. The number of anilines is 1. The zero-order chi connectivity index (χ0) is 19.9. The minimum Gasteiger partial charge on any atom is -0.346 e. The predicted molar refractivity (Wildman–Crippen MR) is 96.3 cm³/mol. The van der Waals surface area contributed by atoms with Crippen molar-refractivity contribution in [2.24, 2.45) is 0 Å². The molecule has 2 aromatic heterocycles. The molecule has 2 aromatic rings. The third-order valence-electron chi connectivity index (χ3n) is 5.06. The molecular weight excluding hydrogens is 363 g/mol. The number of rotatable bonds is 4. The largest absolute Gasteiger partial charge is 0.346 e. The Balaban J connectivity index is 1.49. The van der Waals surface area contributed by atoms with Gasteiger partial charge in [-0.15, -0.1) is 0 Å². The first-order valence-corrected chi connectivity index (χ1v) is 8.83. The van der Waals surface area contributed by atoms with E-state index in [1.807, 2.05) is 6.07 Å². The molecule has 1 aliphatic heterocycles. The summed E-state index contributed by atoms with van der Waals surface area (Å²) in [6.45, 7) is 1.42. The van der Waals surface area contributed by atoms with Crippen LogP contribution in [-0.2, 0) is 10.3 Å². The Bertz CT molecular complexity index is 1010. The number of hydrogen-bond donors (Lipinski definition) is 2. The molecule has 3 amide bonds. The fraction of sp³-hybridized carbons (Fsp3) is 0.316. The molecule has 2 N–H and O–H groups in total. The molecule has 0 saturated heterocycles. The third kappa shape index (κ3) is 2.93. The molecule has 3 heterocycles. The van der Waals surface area contributed by atoms with E-state index in [2.05, 4.69) is 20.6 Å². The summed E-state index contributed by atoms with van der Waals surface area (Å²) in [6.07, 6.45) is 4.38. The van der Waals surface area contributed by atoms with Gasteiger partial charge in [0.05, 0.1) is 34.2 Å². The van der Waals surface area contributed by atoms with E-state index in [1.165, 1.54) is 11.1 Å². The lowest BCUT2D eigenvalue weighted by Crippen LogP contribution is -2.52. The maximum absolute atomic E-state index is 14.1. The summed E-state index contributed by atoms with van der Waals surface area (Å²) in [4.78, 5) is 34.9. The standard InChI is InChI=1S/C19H17FN6O2/c1-11(16-13(20)7-12(8-21)9-23-16)24-15(27)10-26-18(28)25-14-3-2-6-22-17(14)19(26)4-5-19/h2-3,6-7,9,11H,4-5,10H2,1H3,(H,24,27)(H,25,28)/t11-/m0/s1. The number of pyridine rings is 2. The number of urea groups is 1. The third-order valence-corrected chi connectivity index (χ3v) is 5.06.